The lowest BCUT2D eigenvalue weighted by Crippen LogP contribution is -2.29. The van der Waals surface area contributed by atoms with Gasteiger partial charge in [-0.3, -0.25) is 9.59 Å². The molecule has 0 aliphatic rings. The third-order valence-corrected chi connectivity index (χ3v) is 4.44. The standard InChI is InChI=1S/C21H27N3O2/c1-5-16-10-8-9-11-19(16)23-21(26)20(25)22-18-13-12-17(14-15(18)4)24(6-2)7-3/h8-14H,5-7H2,1-4H3,(H,22,25)(H,23,26). The minimum atomic E-state index is -0.672. The number of nitrogens with one attached hydrogen (secondary N) is 2. The Hall–Kier alpha value is -2.82. The van der Waals surface area contributed by atoms with E-state index in [1.54, 1.807) is 6.07 Å². The molecular formula is C21H27N3O2. The minimum absolute atomic E-state index is 0.643. The zero-order valence-electron chi connectivity index (χ0n) is 15.9. The van der Waals surface area contributed by atoms with Crippen molar-refractivity contribution in [2.45, 2.75) is 34.1 Å². The lowest BCUT2D eigenvalue weighted by atomic mass is 10.1. The van der Waals surface area contributed by atoms with E-state index in [0.29, 0.717) is 11.4 Å². The highest BCUT2D eigenvalue weighted by molar-refractivity contribution is 6.43. The van der Waals surface area contributed by atoms with Crippen molar-refractivity contribution in [2.75, 3.05) is 28.6 Å². The molecule has 2 amide bonds. The topological polar surface area (TPSA) is 61.4 Å². The van der Waals surface area contributed by atoms with Crippen molar-refractivity contribution in [3.8, 4) is 0 Å². The van der Waals surface area contributed by atoms with E-state index in [-0.39, 0.29) is 0 Å². The molecule has 0 aliphatic carbocycles. The van der Waals surface area contributed by atoms with Crippen LogP contribution < -0.4 is 15.5 Å². The van der Waals surface area contributed by atoms with Crippen molar-refractivity contribution in [1.82, 2.24) is 0 Å². The van der Waals surface area contributed by atoms with Crippen LogP contribution in [0, 0.1) is 6.92 Å². The maximum absolute atomic E-state index is 12.3. The first-order chi connectivity index (χ1) is 12.5. The Morgan fingerprint density at radius 3 is 2.08 bits per heavy atom. The summed E-state index contributed by atoms with van der Waals surface area (Å²) in [5, 5.41) is 5.39. The molecule has 138 valence electrons. The predicted molar refractivity (Wildman–Crippen MR) is 108 cm³/mol. The van der Waals surface area contributed by atoms with E-state index in [9.17, 15) is 9.59 Å². The van der Waals surface area contributed by atoms with Gasteiger partial charge in [0.25, 0.3) is 0 Å². The van der Waals surface area contributed by atoms with Gasteiger partial charge in [-0.25, -0.2) is 0 Å². The molecule has 26 heavy (non-hydrogen) atoms. The van der Waals surface area contributed by atoms with Gasteiger partial charge in [0.05, 0.1) is 0 Å². The first kappa shape index (κ1) is 19.5. The van der Waals surface area contributed by atoms with Crippen LogP contribution in [-0.2, 0) is 16.0 Å². The summed E-state index contributed by atoms with van der Waals surface area (Å²) < 4.78 is 0. The van der Waals surface area contributed by atoms with Crippen molar-refractivity contribution >= 4 is 28.9 Å². The van der Waals surface area contributed by atoms with E-state index in [4.69, 9.17) is 0 Å². The van der Waals surface area contributed by atoms with E-state index in [2.05, 4.69) is 29.4 Å². The summed E-state index contributed by atoms with van der Waals surface area (Å²) in [5.41, 5.74) is 4.33. The zero-order valence-corrected chi connectivity index (χ0v) is 15.9. The number of carbonyl (C=O) groups excluding carboxylic acids is 2. The van der Waals surface area contributed by atoms with Crippen LogP contribution in [0.15, 0.2) is 42.5 Å². The quantitative estimate of drug-likeness (QED) is 0.772. The first-order valence-electron chi connectivity index (χ1n) is 9.05. The summed E-state index contributed by atoms with van der Waals surface area (Å²) in [6, 6.07) is 13.3. The third kappa shape index (κ3) is 4.63. The van der Waals surface area contributed by atoms with Gasteiger partial charge < -0.3 is 15.5 Å². The predicted octanol–water partition coefficient (Wildman–Crippen LogP) is 3.98. The van der Waals surface area contributed by atoms with Gasteiger partial charge in [0.1, 0.15) is 0 Å². The molecule has 5 heteroatoms. The van der Waals surface area contributed by atoms with Gasteiger partial charge in [0, 0.05) is 30.2 Å². The van der Waals surface area contributed by atoms with E-state index in [1.807, 2.05) is 50.2 Å². The zero-order chi connectivity index (χ0) is 19.1. The molecule has 0 heterocycles. The van der Waals surface area contributed by atoms with Gasteiger partial charge in [-0.2, -0.15) is 0 Å². The molecule has 0 unspecified atom stereocenters. The first-order valence-corrected chi connectivity index (χ1v) is 9.05. The van der Waals surface area contributed by atoms with Crippen LogP contribution >= 0.6 is 0 Å². The molecule has 0 spiro atoms. The Balaban J connectivity index is 2.08. The number of anilines is 3. The molecule has 0 fully saturated rings. The third-order valence-electron chi connectivity index (χ3n) is 4.44. The smallest absolute Gasteiger partial charge is 0.314 e. The fourth-order valence-electron chi connectivity index (χ4n) is 2.88. The average Bonchev–Trinajstić information content (AvgIpc) is 2.65. The maximum atomic E-state index is 12.3. The molecule has 0 saturated heterocycles. The van der Waals surface area contributed by atoms with Crippen LogP contribution in [0.4, 0.5) is 17.1 Å². The molecule has 2 aromatic carbocycles. The molecular weight excluding hydrogens is 326 g/mol. The highest BCUT2D eigenvalue weighted by Gasteiger charge is 2.16. The summed E-state index contributed by atoms with van der Waals surface area (Å²) in [4.78, 5) is 26.7. The van der Waals surface area contributed by atoms with Crippen LogP contribution in [0.25, 0.3) is 0 Å². The molecule has 0 aromatic heterocycles. The summed E-state index contributed by atoms with van der Waals surface area (Å²) in [7, 11) is 0. The van der Waals surface area contributed by atoms with Crippen LogP contribution in [0.3, 0.4) is 0 Å². The van der Waals surface area contributed by atoms with E-state index < -0.39 is 11.8 Å². The number of hydrogen-bond acceptors (Lipinski definition) is 3. The van der Waals surface area contributed by atoms with Crippen molar-refractivity contribution in [2.24, 2.45) is 0 Å². The van der Waals surface area contributed by atoms with Crippen LogP contribution in [-0.4, -0.2) is 24.9 Å². The van der Waals surface area contributed by atoms with Gasteiger partial charge in [-0.05, 0) is 62.6 Å². The lowest BCUT2D eigenvalue weighted by Gasteiger charge is -2.22. The van der Waals surface area contributed by atoms with Crippen molar-refractivity contribution in [1.29, 1.82) is 0 Å². The van der Waals surface area contributed by atoms with E-state index in [1.165, 1.54) is 0 Å². The molecule has 0 saturated carbocycles. The molecule has 2 rings (SSSR count). The van der Waals surface area contributed by atoms with Gasteiger partial charge >= 0.3 is 11.8 Å². The Kier molecular flexibility index (Phi) is 6.78. The summed E-state index contributed by atoms with van der Waals surface area (Å²) >= 11 is 0. The summed E-state index contributed by atoms with van der Waals surface area (Å²) in [6.45, 7) is 9.97. The van der Waals surface area contributed by atoms with Gasteiger partial charge in [-0.15, -0.1) is 0 Å². The Labute approximate surface area is 155 Å². The molecule has 0 bridgehead atoms. The fourth-order valence-corrected chi connectivity index (χ4v) is 2.88. The normalized spacial score (nSPS) is 10.3. The van der Waals surface area contributed by atoms with Crippen LogP contribution in [0.2, 0.25) is 0 Å². The number of nitrogens with zero attached hydrogens (tertiary/aromatic N) is 1. The molecule has 0 atom stereocenters. The number of rotatable bonds is 6. The number of hydrogen-bond donors (Lipinski definition) is 2. The van der Waals surface area contributed by atoms with E-state index in [0.717, 1.165) is 36.3 Å². The van der Waals surface area contributed by atoms with Crippen molar-refractivity contribution < 1.29 is 9.59 Å². The minimum Gasteiger partial charge on any atom is -0.372 e. The van der Waals surface area contributed by atoms with Gasteiger partial charge in [-0.1, -0.05) is 25.1 Å². The van der Waals surface area contributed by atoms with Crippen molar-refractivity contribution in [3.05, 3.63) is 53.6 Å². The molecule has 2 N–H and O–H groups in total. The summed E-state index contributed by atoms with van der Waals surface area (Å²) in [6.07, 6.45) is 0.782. The largest absolute Gasteiger partial charge is 0.372 e. The Morgan fingerprint density at radius 2 is 1.50 bits per heavy atom. The highest BCUT2D eigenvalue weighted by Crippen LogP contribution is 2.23. The fraction of sp³-hybridized carbons (Fsp3) is 0.333. The molecule has 0 radical (unpaired) electrons. The van der Waals surface area contributed by atoms with Crippen LogP contribution in [0.5, 0.6) is 0 Å². The number of amides is 2. The molecule has 5 nitrogen and oxygen atoms in total. The van der Waals surface area contributed by atoms with Gasteiger partial charge in [0.2, 0.25) is 0 Å². The SMILES string of the molecule is CCc1ccccc1NC(=O)C(=O)Nc1ccc(N(CC)CC)cc1C. The second-order valence-electron chi connectivity index (χ2n) is 6.09. The molecule has 0 aliphatic heterocycles. The lowest BCUT2D eigenvalue weighted by molar-refractivity contribution is -0.133. The second kappa shape index (κ2) is 9.04. The van der Waals surface area contributed by atoms with E-state index >= 15 is 0 Å². The number of aryl methyl sites for hydroxylation is 2. The number of benzene rings is 2. The molecule has 2 aromatic rings. The second-order valence-corrected chi connectivity index (χ2v) is 6.09. The van der Waals surface area contributed by atoms with Gasteiger partial charge in [0.15, 0.2) is 0 Å². The Morgan fingerprint density at radius 1 is 0.885 bits per heavy atom. The van der Waals surface area contributed by atoms with Crippen molar-refractivity contribution in [3.63, 3.8) is 0 Å². The Bertz CT molecular complexity index is 783. The monoisotopic (exact) mass is 353 g/mol. The number of carbonyl (C=O) groups is 2. The highest BCUT2D eigenvalue weighted by atomic mass is 16.2. The average molecular weight is 353 g/mol. The maximum Gasteiger partial charge on any atom is 0.314 e. The van der Waals surface area contributed by atoms with Crippen LogP contribution in [0.1, 0.15) is 31.9 Å². The number of para-hydroxylation sites is 1. The summed E-state index contributed by atoms with van der Waals surface area (Å²) in [5.74, 6) is -1.34.